The first-order chi connectivity index (χ1) is 14.8. The van der Waals surface area contributed by atoms with Gasteiger partial charge >= 0.3 is 0 Å². The Labute approximate surface area is 188 Å². The molecule has 0 aromatic rings. The monoisotopic (exact) mass is 422 g/mol. The Morgan fingerprint density at radius 1 is 0.833 bits per heavy atom. The normalized spacial score (nSPS) is 16.5. The van der Waals surface area contributed by atoms with Crippen LogP contribution in [0.3, 0.4) is 0 Å². The molecule has 0 aromatic heterocycles. The molecule has 0 spiro atoms. The molecule has 1 saturated heterocycles. The third-order valence-electron chi connectivity index (χ3n) is 6.31. The van der Waals surface area contributed by atoms with Crippen molar-refractivity contribution in [1.82, 2.24) is 15.5 Å². The van der Waals surface area contributed by atoms with E-state index in [4.69, 9.17) is 5.73 Å². The van der Waals surface area contributed by atoms with Gasteiger partial charge in [-0.1, -0.05) is 83.3 Å². The molecule has 4 nitrogen and oxygen atoms in total. The van der Waals surface area contributed by atoms with Crippen LogP contribution < -0.4 is 16.4 Å². The van der Waals surface area contributed by atoms with E-state index >= 15 is 0 Å². The number of allylic oxidation sites excluding steroid dienone is 2. The maximum atomic E-state index is 6.26. The Kier molecular flexibility index (Phi) is 20.1. The lowest BCUT2D eigenvalue weighted by Crippen LogP contribution is -2.46. The lowest BCUT2D eigenvalue weighted by molar-refractivity contribution is 0.240. The Balaban J connectivity index is 1.74. The van der Waals surface area contributed by atoms with Crippen LogP contribution in [0.15, 0.2) is 12.2 Å². The van der Waals surface area contributed by atoms with Gasteiger partial charge in [-0.15, -0.1) is 0 Å². The predicted molar refractivity (Wildman–Crippen MR) is 134 cm³/mol. The Bertz CT molecular complexity index is 366. The average molecular weight is 423 g/mol. The van der Waals surface area contributed by atoms with Crippen molar-refractivity contribution in [3.63, 3.8) is 0 Å². The topological polar surface area (TPSA) is 53.3 Å². The minimum Gasteiger partial charge on any atom is -0.327 e. The summed E-state index contributed by atoms with van der Waals surface area (Å²) in [5.74, 6) is 0. The smallest absolute Gasteiger partial charge is 0.0165 e. The van der Waals surface area contributed by atoms with Gasteiger partial charge in [-0.25, -0.2) is 0 Å². The third-order valence-corrected chi connectivity index (χ3v) is 6.31. The van der Waals surface area contributed by atoms with Gasteiger partial charge in [0.25, 0.3) is 0 Å². The zero-order chi connectivity index (χ0) is 21.5. The second kappa shape index (κ2) is 21.8. The van der Waals surface area contributed by atoms with Crippen molar-refractivity contribution >= 4 is 0 Å². The largest absolute Gasteiger partial charge is 0.327 e. The highest BCUT2D eigenvalue weighted by Crippen LogP contribution is 2.11. The van der Waals surface area contributed by atoms with Crippen molar-refractivity contribution in [1.29, 1.82) is 0 Å². The molecule has 0 saturated carbocycles. The molecule has 1 aliphatic rings. The number of rotatable bonds is 21. The van der Waals surface area contributed by atoms with Gasteiger partial charge in [-0.05, 0) is 32.1 Å². The van der Waals surface area contributed by atoms with Crippen molar-refractivity contribution < 1.29 is 0 Å². The minimum absolute atomic E-state index is 0.324. The quantitative estimate of drug-likeness (QED) is 0.175. The standard InChI is InChI=1S/C26H54N4/c1-2-3-4-5-6-7-8-9-10-11-12-13-14-15-16-17-18-26(27)25-29-21-24-30-22-19-28-20-23-30/h9-10,26,28-29H,2-8,11-25,27H2,1H3/b10-9-. The summed E-state index contributed by atoms with van der Waals surface area (Å²) in [6.45, 7) is 10.1. The predicted octanol–water partition coefficient (Wildman–Crippen LogP) is 5.24. The number of hydrogen-bond donors (Lipinski definition) is 3. The SMILES string of the molecule is CCCCCCCC/C=C\CCCCCCCCC(N)CNCCN1CCNCC1. The van der Waals surface area contributed by atoms with Crippen LogP contribution in [-0.4, -0.2) is 56.8 Å². The Hall–Kier alpha value is -0.420. The second-order valence-corrected chi connectivity index (χ2v) is 9.28. The second-order valence-electron chi connectivity index (χ2n) is 9.28. The first kappa shape index (κ1) is 27.6. The Morgan fingerprint density at radius 2 is 1.40 bits per heavy atom. The van der Waals surface area contributed by atoms with Gasteiger partial charge < -0.3 is 16.4 Å². The van der Waals surface area contributed by atoms with Gasteiger partial charge in [-0.3, -0.25) is 4.90 Å². The summed E-state index contributed by atoms with van der Waals surface area (Å²) in [6, 6.07) is 0.324. The van der Waals surface area contributed by atoms with Crippen LogP contribution in [0.5, 0.6) is 0 Å². The summed E-state index contributed by atoms with van der Waals surface area (Å²) >= 11 is 0. The van der Waals surface area contributed by atoms with Gasteiger partial charge in [0.1, 0.15) is 0 Å². The fourth-order valence-corrected chi connectivity index (χ4v) is 4.22. The third kappa shape index (κ3) is 18.4. The van der Waals surface area contributed by atoms with Crippen molar-refractivity contribution in [3.8, 4) is 0 Å². The minimum atomic E-state index is 0.324. The van der Waals surface area contributed by atoms with Gasteiger partial charge in [-0.2, -0.15) is 0 Å². The van der Waals surface area contributed by atoms with Crippen LogP contribution in [0, 0.1) is 0 Å². The van der Waals surface area contributed by atoms with Crippen molar-refractivity contribution in [2.45, 2.75) is 109 Å². The molecule has 4 N–H and O–H groups in total. The number of hydrogen-bond acceptors (Lipinski definition) is 4. The Morgan fingerprint density at radius 3 is 2.03 bits per heavy atom. The highest BCUT2D eigenvalue weighted by Gasteiger charge is 2.08. The van der Waals surface area contributed by atoms with Gasteiger partial charge in [0.05, 0.1) is 0 Å². The van der Waals surface area contributed by atoms with E-state index in [2.05, 4.69) is 34.6 Å². The van der Waals surface area contributed by atoms with E-state index < -0.39 is 0 Å². The van der Waals surface area contributed by atoms with Gasteiger partial charge in [0.15, 0.2) is 0 Å². The summed E-state index contributed by atoms with van der Waals surface area (Å²) < 4.78 is 0. The number of piperazine rings is 1. The lowest BCUT2D eigenvalue weighted by Gasteiger charge is -2.27. The molecule has 30 heavy (non-hydrogen) atoms. The van der Waals surface area contributed by atoms with Crippen LogP contribution in [0.4, 0.5) is 0 Å². The lowest BCUT2D eigenvalue weighted by atomic mass is 10.0. The van der Waals surface area contributed by atoms with E-state index in [0.717, 1.165) is 32.7 Å². The number of nitrogens with one attached hydrogen (secondary N) is 2. The molecule has 0 aromatic carbocycles. The average Bonchev–Trinajstić information content (AvgIpc) is 2.77. The molecule has 4 heteroatoms. The van der Waals surface area contributed by atoms with Crippen molar-refractivity contribution in [2.75, 3.05) is 45.8 Å². The molecule has 0 bridgehead atoms. The fraction of sp³-hybridized carbons (Fsp3) is 0.923. The van der Waals surface area contributed by atoms with Crippen LogP contribution in [0.1, 0.15) is 103 Å². The maximum Gasteiger partial charge on any atom is 0.0165 e. The summed E-state index contributed by atoms with van der Waals surface area (Å²) in [4.78, 5) is 2.53. The zero-order valence-corrected chi connectivity index (χ0v) is 20.3. The molecule has 1 rings (SSSR count). The molecule has 1 fully saturated rings. The summed E-state index contributed by atoms with van der Waals surface area (Å²) in [5.41, 5.74) is 6.26. The summed E-state index contributed by atoms with van der Waals surface area (Å²) in [6.07, 6.45) is 25.2. The van der Waals surface area contributed by atoms with Crippen LogP contribution in [-0.2, 0) is 0 Å². The van der Waals surface area contributed by atoms with Crippen LogP contribution in [0.2, 0.25) is 0 Å². The fourth-order valence-electron chi connectivity index (χ4n) is 4.22. The van der Waals surface area contributed by atoms with Crippen molar-refractivity contribution in [3.05, 3.63) is 12.2 Å². The molecule has 1 unspecified atom stereocenters. The van der Waals surface area contributed by atoms with E-state index in [-0.39, 0.29) is 0 Å². The van der Waals surface area contributed by atoms with Gasteiger partial charge in [0.2, 0.25) is 0 Å². The molecular weight excluding hydrogens is 368 g/mol. The number of unbranched alkanes of at least 4 members (excludes halogenated alkanes) is 12. The van der Waals surface area contributed by atoms with Gasteiger partial charge in [0, 0.05) is 51.9 Å². The molecule has 1 aliphatic heterocycles. The highest BCUT2D eigenvalue weighted by atomic mass is 15.2. The van der Waals surface area contributed by atoms with Crippen LogP contribution >= 0.6 is 0 Å². The molecule has 1 heterocycles. The molecule has 1 atom stereocenters. The molecular formula is C26H54N4. The number of nitrogens with zero attached hydrogens (tertiary/aromatic N) is 1. The van der Waals surface area contributed by atoms with Crippen molar-refractivity contribution in [2.24, 2.45) is 5.73 Å². The van der Waals surface area contributed by atoms with Crippen LogP contribution in [0.25, 0.3) is 0 Å². The molecule has 0 amide bonds. The maximum absolute atomic E-state index is 6.26. The molecule has 0 radical (unpaired) electrons. The van der Waals surface area contributed by atoms with E-state index in [9.17, 15) is 0 Å². The summed E-state index contributed by atoms with van der Waals surface area (Å²) in [5, 5.41) is 6.95. The summed E-state index contributed by atoms with van der Waals surface area (Å²) in [7, 11) is 0. The molecule has 178 valence electrons. The van der Waals surface area contributed by atoms with E-state index in [0.29, 0.717) is 6.04 Å². The first-order valence-electron chi connectivity index (χ1n) is 13.4. The highest BCUT2D eigenvalue weighted by molar-refractivity contribution is 4.81. The first-order valence-corrected chi connectivity index (χ1v) is 13.4. The number of nitrogens with two attached hydrogens (primary N) is 1. The van der Waals surface area contributed by atoms with E-state index in [1.54, 1.807) is 0 Å². The zero-order valence-electron chi connectivity index (χ0n) is 20.3. The molecule has 0 aliphatic carbocycles. The van der Waals surface area contributed by atoms with E-state index in [1.165, 1.54) is 109 Å². The van der Waals surface area contributed by atoms with E-state index in [1.807, 2.05) is 0 Å².